The summed E-state index contributed by atoms with van der Waals surface area (Å²) >= 11 is 3.44. The first-order valence-corrected chi connectivity index (χ1v) is 9.90. The van der Waals surface area contributed by atoms with Crippen LogP contribution in [0.4, 0.5) is 0 Å². The Labute approximate surface area is 169 Å². The van der Waals surface area contributed by atoms with Crippen LogP contribution >= 0.6 is 15.9 Å². The molecule has 0 bridgehead atoms. The lowest BCUT2D eigenvalue weighted by Crippen LogP contribution is -2.29. The normalized spacial score (nSPS) is 16.8. The number of imidazole rings is 1. The van der Waals surface area contributed by atoms with Gasteiger partial charge in [0.2, 0.25) is 0 Å². The van der Waals surface area contributed by atoms with Crippen LogP contribution in [-0.4, -0.2) is 38.4 Å². The van der Waals surface area contributed by atoms with Crippen molar-refractivity contribution in [1.82, 2.24) is 19.4 Å². The number of halogens is 1. The predicted octanol–water partition coefficient (Wildman–Crippen LogP) is 4.54. The van der Waals surface area contributed by atoms with Crippen LogP contribution in [0.2, 0.25) is 0 Å². The van der Waals surface area contributed by atoms with Crippen LogP contribution in [-0.2, 0) is 0 Å². The number of hydrogen-bond donors (Lipinski definition) is 0. The molecular weight excluding hydrogens is 420 g/mol. The van der Waals surface area contributed by atoms with Gasteiger partial charge in [0.1, 0.15) is 17.6 Å². The van der Waals surface area contributed by atoms with Crippen molar-refractivity contribution in [2.24, 2.45) is 0 Å². The van der Waals surface area contributed by atoms with Gasteiger partial charge in [-0.1, -0.05) is 22.0 Å². The van der Waals surface area contributed by atoms with Crippen LogP contribution in [0.25, 0.3) is 22.6 Å². The maximum absolute atomic E-state index is 12.9. The molecule has 4 heterocycles. The number of carbonyl (C=O) groups excluding carboxylic acids is 1. The standard InChI is InChI=1S/C21H17BrN4O2/c22-16-4-1-3-14(11-16)21(27)25-9-6-17(12-25)26-19(15-7-10-28-13-15)24-18-5-2-8-23-20(18)26/h1-5,7-8,10-11,13,17H,6,9,12H2/t17-/m1/s1. The second kappa shape index (κ2) is 6.91. The van der Waals surface area contributed by atoms with Crippen molar-refractivity contribution in [3.05, 3.63) is 71.2 Å². The lowest BCUT2D eigenvalue weighted by atomic mass is 10.2. The zero-order chi connectivity index (χ0) is 19.1. The van der Waals surface area contributed by atoms with E-state index in [0.717, 1.165) is 33.4 Å². The number of rotatable bonds is 3. The average molecular weight is 437 g/mol. The lowest BCUT2D eigenvalue weighted by Gasteiger charge is -2.18. The van der Waals surface area contributed by atoms with Gasteiger partial charge in [0.25, 0.3) is 5.91 Å². The van der Waals surface area contributed by atoms with Gasteiger partial charge in [-0.3, -0.25) is 4.79 Å². The fourth-order valence-corrected chi connectivity index (χ4v) is 4.21. The third kappa shape index (κ3) is 2.92. The maximum Gasteiger partial charge on any atom is 0.253 e. The number of nitrogens with zero attached hydrogens (tertiary/aromatic N) is 4. The predicted molar refractivity (Wildman–Crippen MR) is 109 cm³/mol. The molecule has 1 aliphatic heterocycles. The van der Waals surface area contributed by atoms with Gasteiger partial charge >= 0.3 is 0 Å². The maximum atomic E-state index is 12.9. The molecule has 0 spiro atoms. The molecule has 7 heteroatoms. The van der Waals surface area contributed by atoms with E-state index in [2.05, 4.69) is 25.5 Å². The second-order valence-electron chi connectivity index (χ2n) is 6.87. The Morgan fingerprint density at radius 3 is 2.96 bits per heavy atom. The molecule has 0 unspecified atom stereocenters. The first-order valence-electron chi connectivity index (χ1n) is 9.11. The Balaban J connectivity index is 1.50. The zero-order valence-electron chi connectivity index (χ0n) is 15.0. The summed E-state index contributed by atoms with van der Waals surface area (Å²) in [5, 5.41) is 0. The molecule has 4 aromatic rings. The summed E-state index contributed by atoms with van der Waals surface area (Å²) in [7, 11) is 0. The molecule has 1 amide bonds. The van der Waals surface area contributed by atoms with Gasteiger partial charge in [-0.25, -0.2) is 9.97 Å². The molecule has 1 aromatic carbocycles. The Morgan fingerprint density at radius 1 is 1.21 bits per heavy atom. The van der Waals surface area contributed by atoms with Crippen LogP contribution in [0, 0.1) is 0 Å². The molecule has 0 aliphatic carbocycles. The van der Waals surface area contributed by atoms with Crippen LogP contribution in [0.5, 0.6) is 0 Å². The minimum Gasteiger partial charge on any atom is -0.472 e. The Hall–Kier alpha value is -2.93. The van der Waals surface area contributed by atoms with E-state index in [1.54, 1.807) is 18.7 Å². The minimum absolute atomic E-state index is 0.0473. The molecule has 1 saturated heterocycles. The number of carbonyl (C=O) groups is 1. The molecule has 3 aromatic heterocycles. The van der Waals surface area contributed by atoms with Crippen molar-refractivity contribution >= 4 is 33.0 Å². The summed E-state index contributed by atoms with van der Waals surface area (Å²) in [4.78, 5) is 24.2. The Bertz CT molecular complexity index is 1150. The molecule has 0 N–H and O–H groups in total. The monoisotopic (exact) mass is 436 g/mol. The molecule has 28 heavy (non-hydrogen) atoms. The number of amides is 1. The number of fused-ring (bicyclic) bond motifs is 1. The largest absolute Gasteiger partial charge is 0.472 e. The van der Waals surface area contributed by atoms with Crippen LogP contribution in [0.15, 0.2) is 70.1 Å². The van der Waals surface area contributed by atoms with Gasteiger partial charge < -0.3 is 13.9 Å². The summed E-state index contributed by atoms with van der Waals surface area (Å²) in [5.74, 6) is 0.871. The summed E-state index contributed by atoms with van der Waals surface area (Å²) in [6, 6.07) is 13.4. The SMILES string of the molecule is O=C(c1cccc(Br)c1)N1CC[C@@H](n2c(-c3ccoc3)nc3cccnc32)C1. The topological polar surface area (TPSA) is 64.2 Å². The average Bonchev–Trinajstić information content (AvgIpc) is 3.45. The van der Waals surface area contributed by atoms with E-state index in [4.69, 9.17) is 9.40 Å². The van der Waals surface area contributed by atoms with Gasteiger partial charge in [0, 0.05) is 29.3 Å². The van der Waals surface area contributed by atoms with Crippen molar-refractivity contribution in [3.63, 3.8) is 0 Å². The van der Waals surface area contributed by atoms with Crippen molar-refractivity contribution in [2.75, 3.05) is 13.1 Å². The fraction of sp³-hybridized carbons (Fsp3) is 0.190. The van der Waals surface area contributed by atoms with Gasteiger partial charge in [0.15, 0.2) is 5.65 Å². The van der Waals surface area contributed by atoms with Crippen molar-refractivity contribution < 1.29 is 9.21 Å². The number of benzene rings is 1. The second-order valence-corrected chi connectivity index (χ2v) is 7.78. The van der Waals surface area contributed by atoms with E-state index in [0.29, 0.717) is 18.7 Å². The van der Waals surface area contributed by atoms with E-state index < -0.39 is 0 Å². The molecule has 6 nitrogen and oxygen atoms in total. The summed E-state index contributed by atoms with van der Waals surface area (Å²) in [6.07, 6.45) is 5.97. The van der Waals surface area contributed by atoms with Gasteiger partial charge in [-0.2, -0.15) is 0 Å². The first-order chi connectivity index (χ1) is 13.7. The van der Waals surface area contributed by atoms with E-state index in [1.165, 1.54) is 0 Å². The Morgan fingerprint density at radius 2 is 2.14 bits per heavy atom. The molecule has 0 radical (unpaired) electrons. The van der Waals surface area contributed by atoms with Crippen LogP contribution in [0.3, 0.4) is 0 Å². The highest BCUT2D eigenvalue weighted by Gasteiger charge is 2.31. The summed E-state index contributed by atoms with van der Waals surface area (Å²) in [6.45, 7) is 1.32. The van der Waals surface area contributed by atoms with Gasteiger partial charge in [-0.15, -0.1) is 0 Å². The number of hydrogen-bond acceptors (Lipinski definition) is 4. The molecule has 1 fully saturated rings. The number of likely N-dealkylation sites (tertiary alicyclic amines) is 1. The van der Waals surface area contributed by atoms with E-state index in [9.17, 15) is 4.79 Å². The van der Waals surface area contributed by atoms with Gasteiger partial charge in [-0.05, 0) is 42.8 Å². The molecule has 0 saturated carbocycles. The number of furan rings is 1. The third-order valence-electron chi connectivity index (χ3n) is 5.12. The highest BCUT2D eigenvalue weighted by Crippen LogP contribution is 2.32. The zero-order valence-corrected chi connectivity index (χ0v) is 16.5. The smallest absolute Gasteiger partial charge is 0.253 e. The fourth-order valence-electron chi connectivity index (χ4n) is 3.81. The van der Waals surface area contributed by atoms with E-state index >= 15 is 0 Å². The van der Waals surface area contributed by atoms with Crippen LogP contribution < -0.4 is 0 Å². The van der Waals surface area contributed by atoms with Crippen LogP contribution in [0.1, 0.15) is 22.8 Å². The molecule has 1 atom stereocenters. The van der Waals surface area contributed by atoms with Gasteiger partial charge in [0.05, 0.1) is 17.9 Å². The molecule has 140 valence electrons. The Kier molecular flexibility index (Phi) is 4.24. The minimum atomic E-state index is 0.0473. The lowest BCUT2D eigenvalue weighted by molar-refractivity contribution is 0.0788. The summed E-state index contributed by atoms with van der Waals surface area (Å²) in [5.41, 5.74) is 3.28. The van der Waals surface area contributed by atoms with E-state index in [-0.39, 0.29) is 11.9 Å². The number of pyridine rings is 1. The highest BCUT2D eigenvalue weighted by molar-refractivity contribution is 9.10. The summed E-state index contributed by atoms with van der Waals surface area (Å²) < 4.78 is 8.32. The number of aromatic nitrogens is 3. The molecule has 5 rings (SSSR count). The van der Waals surface area contributed by atoms with Crippen molar-refractivity contribution in [1.29, 1.82) is 0 Å². The van der Waals surface area contributed by atoms with Crippen molar-refractivity contribution in [3.8, 4) is 11.4 Å². The third-order valence-corrected chi connectivity index (χ3v) is 5.61. The van der Waals surface area contributed by atoms with E-state index in [1.807, 2.05) is 47.4 Å². The quantitative estimate of drug-likeness (QED) is 0.472. The molecule has 1 aliphatic rings. The molecular formula is C21H17BrN4O2. The van der Waals surface area contributed by atoms with Crippen molar-refractivity contribution in [2.45, 2.75) is 12.5 Å². The first kappa shape index (κ1) is 17.2. The highest BCUT2D eigenvalue weighted by atomic mass is 79.9.